The molecule has 1 N–H and O–H groups in total. The Labute approximate surface area is 108 Å². The van der Waals surface area contributed by atoms with Crippen molar-refractivity contribution in [3.63, 3.8) is 0 Å². The average Bonchev–Trinajstić information content (AvgIpc) is 3.02. The van der Waals surface area contributed by atoms with Gasteiger partial charge in [-0.05, 0) is 36.7 Å². The molecule has 18 heavy (non-hydrogen) atoms. The molecule has 0 aromatic heterocycles. The summed E-state index contributed by atoms with van der Waals surface area (Å²) in [4.78, 5) is 13.8. The van der Waals surface area contributed by atoms with Crippen LogP contribution in [0.15, 0.2) is 30.3 Å². The zero-order valence-electron chi connectivity index (χ0n) is 10.6. The first-order chi connectivity index (χ1) is 8.83. The molecule has 96 valence electrons. The van der Waals surface area contributed by atoms with Crippen molar-refractivity contribution in [3.05, 3.63) is 35.9 Å². The molecule has 1 aromatic rings. The van der Waals surface area contributed by atoms with Gasteiger partial charge in [0.05, 0.1) is 0 Å². The monoisotopic (exact) mass is 244 g/mol. The molecular formula is C15H20N2O. The second-order valence-corrected chi connectivity index (χ2v) is 5.48. The van der Waals surface area contributed by atoms with Crippen LogP contribution in [0.4, 0.5) is 4.79 Å². The van der Waals surface area contributed by atoms with Gasteiger partial charge in [-0.1, -0.05) is 30.3 Å². The van der Waals surface area contributed by atoms with E-state index in [1.165, 1.54) is 12.0 Å². The Hall–Kier alpha value is -1.51. The molecule has 2 fully saturated rings. The molecule has 3 heteroatoms. The number of carbonyl (C=O) groups is 1. The first-order valence-electron chi connectivity index (χ1n) is 6.89. The Balaban J connectivity index is 1.33. The summed E-state index contributed by atoms with van der Waals surface area (Å²) in [5.41, 5.74) is 1.34. The molecule has 1 aliphatic heterocycles. The Morgan fingerprint density at radius 1 is 1.22 bits per heavy atom. The van der Waals surface area contributed by atoms with Crippen LogP contribution in [0.1, 0.15) is 18.4 Å². The SMILES string of the molecule is O=C(NCCCc1ccccc1)N1CC2CC2C1. The highest BCUT2D eigenvalue weighted by atomic mass is 16.2. The second-order valence-electron chi connectivity index (χ2n) is 5.48. The predicted molar refractivity (Wildman–Crippen MR) is 71.3 cm³/mol. The highest BCUT2D eigenvalue weighted by molar-refractivity contribution is 5.74. The van der Waals surface area contributed by atoms with Crippen LogP contribution in [0.5, 0.6) is 0 Å². The Bertz CT molecular complexity index is 408. The number of benzene rings is 1. The molecule has 1 aromatic carbocycles. The average molecular weight is 244 g/mol. The van der Waals surface area contributed by atoms with E-state index in [1.54, 1.807) is 0 Å². The van der Waals surface area contributed by atoms with Crippen molar-refractivity contribution < 1.29 is 4.79 Å². The second kappa shape index (κ2) is 5.01. The zero-order valence-corrected chi connectivity index (χ0v) is 10.6. The number of likely N-dealkylation sites (tertiary alicyclic amines) is 1. The third-order valence-electron chi connectivity index (χ3n) is 4.03. The lowest BCUT2D eigenvalue weighted by molar-refractivity contribution is 0.203. The number of nitrogens with zero attached hydrogens (tertiary/aromatic N) is 1. The molecule has 2 atom stereocenters. The number of hydrogen-bond acceptors (Lipinski definition) is 1. The summed E-state index contributed by atoms with van der Waals surface area (Å²) in [5, 5.41) is 3.02. The first kappa shape index (κ1) is 11.6. The normalized spacial score (nSPS) is 24.8. The van der Waals surface area contributed by atoms with E-state index in [-0.39, 0.29) is 6.03 Å². The van der Waals surface area contributed by atoms with Crippen LogP contribution < -0.4 is 5.32 Å². The van der Waals surface area contributed by atoms with Crippen molar-refractivity contribution in [2.45, 2.75) is 19.3 Å². The van der Waals surface area contributed by atoms with E-state index >= 15 is 0 Å². The number of nitrogens with one attached hydrogen (secondary N) is 1. The summed E-state index contributed by atoms with van der Waals surface area (Å²) in [6, 6.07) is 10.6. The van der Waals surface area contributed by atoms with E-state index in [0.717, 1.165) is 44.3 Å². The van der Waals surface area contributed by atoms with Gasteiger partial charge in [0.25, 0.3) is 0 Å². The van der Waals surface area contributed by atoms with Crippen molar-refractivity contribution in [2.75, 3.05) is 19.6 Å². The maximum atomic E-state index is 11.8. The molecule has 1 heterocycles. The molecule has 1 saturated carbocycles. The molecule has 3 nitrogen and oxygen atoms in total. The maximum absolute atomic E-state index is 11.8. The van der Waals surface area contributed by atoms with E-state index in [1.807, 2.05) is 11.0 Å². The molecule has 1 saturated heterocycles. The third kappa shape index (κ3) is 2.66. The molecule has 2 unspecified atom stereocenters. The van der Waals surface area contributed by atoms with Crippen LogP contribution in [0.3, 0.4) is 0 Å². The molecule has 3 rings (SSSR count). The number of urea groups is 1. The van der Waals surface area contributed by atoms with Gasteiger partial charge < -0.3 is 10.2 Å². The minimum Gasteiger partial charge on any atom is -0.338 e. The summed E-state index contributed by atoms with van der Waals surface area (Å²) < 4.78 is 0. The van der Waals surface area contributed by atoms with Gasteiger partial charge in [0, 0.05) is 19.6 Å². The van der Waals surface area contributed by atoms with E-state index in [0.29, 0.717) is 0 Å². The number of fused-ring (bicyclic) bond motifs is 1. The van der Waals surface area contributed by atoms with Crippen molar-refractivity contribution in [1.82, 2.24) is 10.2 Å². The van der Waals surface area contributed by atoms with Crippen LogP contribution in [-0.2, 0) is 6.42 Å². The fraction of sp³-hybridized carbons (Fsp3) is 0.533. The van der Waals surface area contributed by atoms with Crippen LogP contribution in [0, 0.1) is 11.8 Å². The standard InChI is InChI=1S/C15H20N2O/c18-15(17-10-13-9-14(13)11-17)16-8-4-7-12-5-2-1-3-6-12/h1-3,5-6,13-14H,4,7-11H2,(H,16,18). The number of piperidine rings is 1. The Morgan fingerprint density at radius 2 is 1.94 bits per heavy atom. The zero-order chi connectivity index (χ0) is 12.4. The number of carbonyl (C=O) groups excluding carboxylic acids is 1. The minimum atomic E-state index is 0.135. The van der Waals surface area contributed by atoms with E-state index in [2.05, 4.69) is 29.6 Å². The molecular weight excluding hydrogens is 224 g/mol. The summed E-state index contributed by atoms with van der Waals surface area (Å²) in [6.07, 6.45) is 3.39. The summed E-state index contributed by atoms with van der Waals surface area (Å²) in [5.74, 6) is 1.64. The lowest BCUT2D eigenvalue weighted by atomic mass is 10.1. The van der Waals surface area contributed by atoms with Gasteiger partial charge >= 0.3 is 6.03 Å². The molecule has 0 radical (unpaired) electrons. The van der Waals surface area contributed by atoms with Gasteiger partial charge in [-0.15, -0.1) is 0 Å². The molecule has 2 aliphatic rings. The van der Waals surface area contributed by atoms with Crippen LogP contribution in [0.25, 0.3) is 0 Å². The van der Waals surface area contributed by atoms with E-state index in [9.17, 15) is 4.79 Å². The van der Waals surface area contributed by atoms with Gasteiger partial charge in [0.2, 0.25) is 0 Å². The number of hydrogen-bond donors (Lipinski definition) is 1. The molecule has 0 spiro atoms. The Morgan fingerprint density at radius 3 is 2.67 bits per heavy atom. The van der Waals surface area contributed by atoms with Gasteiger partial charge in [-0.2, -0.15) is 0 Å². The molecule has 2 amide bonds. The minimum absolute atomic E-state index is 0.135. The largest absolute Gasteiger partial charge is 0.338 e. The van der Waals surface area contributed by atoms with Crippen molar-refractivity contribution in [2.24, 2.45) is 11.8 Å². The maximum Gasteiger partial charge on any atom is 0.317 e. The van der Waals surface area contributed by atoms with Crippen LogP contribution >= 0.6 is 0 Å². The van der Waals surface area contributed by atoms with Crippen molar-refractivity contribution in [1.29, 1.82) is 0 Å². The lowest BCUT2D eigenvalue weighted by Crippen LogP contribution is -2.39. The quantitative estimate of drug-likeness (QED) is 0.810. The summed E-state index contributed by atoms with van der Waals surface area (Å²) in [6.45, 7) is 2.74. The highest BCUT2D eigenvalue weighted by Crippen LogP contribution is 2.44. The molecule has 1 aliphatic carbocycles. The topological polar surface area (TPSA) is 32.3 Å². The number of amides is 2. The molecule has 0 bridgehead atoms. The van der Waals surface area contributed by atoms with Crippen LogP contribution in [-0.4, -0.2) is 30.6 Å². The predicted octanol–water partition coefficient (Wildman–Crippen LogP) is 2.28. The van der Waals surface area contributed by atoms with Crippen molar-refractivity contribution in [3.8, 4) is 0 Å². The Kier molecular flexibility index (Phi) is 3.22. The third-order valence-corrected chi connectivity index (χ3v) is 4.03. The van der Waals surface area contributed by atoms with E-state index < -0.39 is 0 Å². The van der Waals surface area contributed by atoms with Gasteiger partial charge in [0.1, 0.15) is 0 Å². The van der Waals surface area contributed by atoms with Crippen LogP contribution in [0.2, 0.25) is 0 Å². The number of rotatable bonds is 4. The van der Waals surface area contributed by atoms with Gasteiger partial charge in [-0.25, -0.2) is 4.79 Å². The van der Waals surface area contributed by atoms with E-state index in [4.69, 9.17) is 0 Å². The van der Waals surface area contributed by atoms with Crippen molar-refractivity contribution >= 4 is 6.03 Å². The lowest BCUT2D eigenvalue weighted by Gasteiger charge is -2.18. The van der Waals surface area contributed by atoms with Gasteiger partial charge in [0.15, 0.2) is 0 Å². The smallest absolute Gasteiger partial charge is 0.317 e. The van der Waals surface area contributed by atoms with Gasteiger partial charge in [-0.3, -0.25) is 0 Å². The summed E-state index contributed by atoms with van der Waals surface area (Å²) >= 11 is 0. The number of aryl methyl sites for hydroxylation is 1. The summed E-state index contributed by atoms with van der Waals surface area (Å²) in [7, 11) is 0. The fourth-order valence-corrected chi connectivity index (χ4v) is 2.81. The fourth-order valence-electron chi connectivity index (χ4n) is 2.81. The highest BCUT2D eigenvalue weighted by Gasteiger charge is 2.46. The first-order valence-corrected chi connectivity index (χ1v) is 6.89.